The fourth-order valence-electron chi connectivity index (χ4n) is 1.37. The molecule has 1 heterocycles. The van der Waals surface area contributed by atoms with Gasteiger partial charge in [0.1, 0.15) is 0 Å². The standard InChI is InChI=1S/C10H7Cl3N4O/c11-10(12,13)9-16-15-7(8(18)17(9)14)6-4-2-1-3-5-6/h1-5H,14H2. The van der Waals surface area contributed by atoms with Crippen molar-refractivity contribution in [3.63, 3.8) is 0 Å². The van der Waals surface area contributed by atoms with E-state index in [2.05, 4.69) is 10.2 Å². The Morgan fingerprint density at radius 3 is 2.28 bits per heavy atom. The molecule has 2 aromatic rings. The smallest absolute Gasteiger partial charge is 0.298 e. The third-order valence-electron chi connectivity index (χ3n) is 2.20. The number of hydrogen-bond acceptors (Lipinski definition) is 4. The number of nitrogens with two attached hydrogens (primary N) is 1. The summed E-state index contributed by atoms with van der Waals surface area (Å²) in [6.45, 7) is 0. The van der Waals surface area contributed by atoms with Crippen LogP contribution in [0.4, 0.5) is 0 Å². The zero-order chi connectivity index (χ0) is 13.3. The maximum atomic E-state index is 12.0. The summed E-state index contributed by atoms with van der Waals surface area (Å²) in [5.41, 5.74) is 0.0960. The summed E-state index contributed by atoms with van der Waals surface area (Å²) < 4.78 is -1.22. The minimum absolute atomic E-state index is 0.0936. The van der Waals surface area contributed by atoms with E-state index in [4.69, 9.17) is 40.6 Å². The highest BCUT2D eigenvalue weighted by atomic mass is 35.6. The Morgan fingerprint density at radius 2 is 1.72 bits per heavy atom. The van der Waals surface area contributed by atoms with Crippen LogP contribution in [-0.2, 0) is 3.79 Å². The lowest BCUT2D eigenvalue weighted by Gasteiger charge is -2.13. The molecule has 8 heteroatoms. The fourth-order valence-corrected chi connectivity index (χ4v) is 1.76. The van der Waals surface area contributed by atoms with Gasteiger partial charge in [-0.3, -0.25) is 4.79 Å². The van der Waals surface area contributed by atoms with E-state index in [1.54, 1.807) is 24.3 Å². The molecule has 0 bridgehead atoms. The van der Waals surface area contributed by atoms with Crippen molar-refractivity contribution in [3.05, 3.63) is 46.5 Å². The number of benzene rings is 1. The zero-order valence-electron chi connectivity index (χ0n) is 8.85. The van der Waals surface area contributed by atoms with Crippen molar-refractivity contribution in [2.75, 3.05) is 5.84 Å². The second-order valence-electron chi connectivity index (χ2n) is 3.41. The molecule has 0 amide bonds. The van der Waals surface area contributed by atoms with E-state index in [1.807, 2.05) is 6.07 Å². The second kappa shape index (κ2) is 4.76. The van der Waals surface area contributed by atoms with Crippen molar-refractivity contribution in [1.29, 1.82) is 0 Å². The SMILES string of the molecule is Nn1c(C(Cl)(Cl)Cl)nnc(-c2ccccc2)c1=O. The molecule has 2 rings (SSSR count). The highest BCUT2D eigenvalue weighted by molar-refractivity contribution is 6.66. The molecule has 0 aliphatic heterocycles. The van der Waals surface area contributed by atoms with Gasteiger partial charge in [-0.25, -0.2) is 4.68 Å². The van der Waals surface area contributed by atoms with Crippen molar-refractivity contribution in [2.45, 2.75) is 3.79 Å². The number of alkyl halides is 3. The predicted octanol–water partition coefficient (Wildman–Crippen LogP) is 1.85. The van der Waals surface area contributed by atoms with Crippen LogP contribution in [0.5, 0.6) is 0 Å². The molecule has 1 aromatic heterocycles. The van der Waals surface area contributed by atoms with E-state index in [0.29, 0.717) is 10.2 Å². The molecule has 0 saturated carbocycles. The summed E-state index contributed by atoms with van der Waals surface area (Å²) >= 11 is 16.9. The minimum Gasteiger partial charge on any atom is -0.334 e. The van der Waals surface area contributed by atoms with Crippen molar-refractivity contribution in [3.8, 4) is 11.3 Å². The van der Waals surface area contributed by atoms with Gasteiger partial charge in [-0.05, 0) is 0 Å². The summed E-state index contributed by atoms with van der Waals surface area (Å²) in [7, 11) is 0. The molecule has 1 aromatic carbocycles. The van der Waals surface area contributed by atoms with Crippen LogP contribution in [0.15, 0.2) is 35.1 Å². The molecule has 0 atom stereocenters. The number of hydrogen-bond donors (Lipinski definition) is 1. The Bertz CT molecular complexity index is 621. The Labute approximate surface area is 117 Å². The van der Waals surface area contributed by atoms with E-state index < -0.39 is 9.35 Å². The maximum Gasteiger partial charge on any atom is 0.298 e. The van der Waals surface area contributed by atoms with E-state index in [-0.39, 0.29) is 11.5 Å². The van der Waals surface area contributed by atoms with Gasteiger partial charge in [-0.15, -0.1) is 10.2 Å². The predicted molar refractivity (Wildman–Crippen MR) is 71.1 cm³/mol. The lowest BCUT2D eigenvalue weighted by atomic mass is 10.2. The largest absolute Gasteiger partial charge is 0.334 e. The van der Waals surface area contributed by atoms with Crippen LogP contribution < -0.4 is 11.4 Å². The first-order chi connectivity index (χ1) is 8.41. The Balaban J connectivity index is 2.62. The molecule has 0 spiro atoms. The minimum atomic E-state index is -1.91. The highest BCUT2D eigenvalue weighted by Crippen LogP contribution is 2.35. The van der Waals surface area contributed by atoms with Crippen molar-refractivity contribution < 1.29 is 0 Å². The molecule has 0 saturated heterocycles. The normalized spacial score (nSPS) is 11.5. The maximum absolute atomic E-state index is 12.0. The molecule has 18 heavy (non-hydrogen) atoms. The number of nitrogen functional groups attached to an aromatic ring is 1. The first-order valence-corrected chi connectivity index (χ1v) is 5.92. The number of nitrogens with zero attached hydrogens (tertiary/aromatic N) is 3. The lowest BCUT2D eigenvalue weighted by molar-refractivity contribution is 0.741. The van der Waals surface area contributed by atoms with Gasteiger partial charge in [0.2, 0.25) is 5.82 Å². The Hall–Kier alpha value is -1.30. The summed E-state index contributed by atoms with van der Waals surface area (Å²) in [4.78, 5) is 12.0. The van der Waals surface area contributed by atoms with Crippen LogP contribution in [0.3, 0.4) is 0 Å². The van der Waals surface area contributed by atoms with E-state index >= 15 is 0 Å². The first-order valence-electron chi connectivity index (χ1n) is 4.78. The molecule has 0 unspecified atom stereocenters. The molecule has 0 radical (unpaired) electrons. The lowest BCUT2D eigenvalue weighted by Crippen LogP contribution is -2.36. The quantitative estimate of drug-likeness (QED) is 0.644. The van der Waals surface area contributed by atoms with Gasteiger partial charge < -0.3 is 5.84 Å². The monoisotopic (exact) mass is 304 g/mol. The fraction of sp³-hybridized carbons (Fsp3) is 0.100. The van der Waals surface area contributed by atoms with Crippen LogP contribution in [0.25, 0.3) is 11.3 Å². The second-order valence-corrected chi connectivity index (χ2v) is 5.69. The molecule has 5 nitrogen and oxygen atoms in total. The summed E-state index contributed by atoms with van der Waals surface area (Å²) in [6.07, 6.45) is 0. The van der Waals surface area contributed by atoms with E-state index in [9.17, 15) is 4.79 Å². The van der Waals surface area contributed by atoms with Crippen LogP contribution in [-0.4, -0.2) is 14.9 Å². The molecule has 2 N–H and O–H groups in total. The molecule has 0 fully saturated rings. The first kappa shape index (κ1) is 13.1. The summed E-state index contributed by atoms with van der Waals surface area (Å²) in [6, 6.07) is 8.76. The van der Waals surface area contributed by atoms with Gasteiger partial charge in [0.15, 0.2) is 5.69 Å². The van der Waals surface area contributed by atoms with Crippen molar-refractivity contribution >= 4 is 34.8 Å². The molecule has 0 aliphatic carbocycles. The van der Waals surface area contributed by atoms with Gasteiger partial charge in [0.05, 0.1) is 0 Å². The number of aromatic nitrogens is 3. The average molecular weight is 306 g/mol. The highest BCUT2D eigenvalue weighted by Gasteiger charge is 2.30. The number of rotatable bonds is 1. The van der Waals surface area contributed by atoms with Crippen molar-refractivity contribution in [2.24, 2.45) is 0 Å². The van der Waals surface area contributed by atoms with Crippen LogP contribution in [0.1, 0.15) is 5.82 Å². The van der Waals surface area contributed by atoms with Crippen molar-refractivity contribution in [1.82, 2.24) is 14.9 Å². The summed E-state index contributed by atoms with van der Waals surface area (Å²) in [5, 5.41) is 7.44. The third-order valence-corrected chi connectivity index (χ3v) is 2.70. The van der Waals surface area contributed by atoms with Gasteiger partial charge in [-0.2, -0.15) is 0 Å². The van der Waals surface area contributed by atoms with Gasteiger partial charge >= 0.3 is 0 Å². The molecule has 94 valence electrons. The third kappa shape index (κ3) is 2.43. The molecular formula is C10H7Cl3N4O. The Kier molecular flexibility index (Phi) is 3.47. The topological polar surface area (TPSA) is 73.8 Å². The van der Waals surface area contributed by atoms with Gasteiger partial charge in [0, 0.05) is 5.56 Å². The number of halogens is 3. The van der Waals surface area contributed by atoms with Crippen LogP contribution in [0.2, 0.25) is 0 Å². The molecular weight excluding hydrogens is 298 g/mol. The summed E-state index contributed by atoms with van der Waals surface area (Å²) in [5.74, 6) is 5.32. The van der Waals surface area contributed by atoms with Crippen LogP contribution >= 0.6 is 34.8 Å². The van der Waals surface area contributed by atoms with Gasteiger partial charge in [0.25, 0.3) is 9.35 Å². The van der Waals surface area contributed by atoms with E-state index in [0.717, 1.165) is 0 Å². The zero-order valence-corrected chi connectivity index (χ0v) is 11.1. The van der Waals surface area contributed by atoms with Gasteiger partial charge in [-0.1, -0.05) is 65.1 Å². The average Bonchev–Trinajstić information content (AvgIpc) is 2.32. The molecule has 0 aliphatic rings. The Morgan fingerprint density at radius 1 is 1.11 bits per heavy atom. The van der Waals surface area contributed by atoms with Crippen LogP contribution in [0, 0.1) is 0 Å². The van der Waals surface area contributed by atoms with E-state index in [1.165, 1.54) is 0 Å².